The highest BCUT2D eigenvalue weighted by molar-refractivity contribution is 5.75. The van der Waals surface area contributed by atoms with Crippen molar-refractivity contribution in [3.8, 4) is 0 Å². The van der Waals surface area contributed by atoms with Crippen molar-refractivity contribution in [2.24, 2.45) is 0 Å². The van der Waals surface area contributed by atoms with Crippen molar-refractivity contribution in [2.45, 2.75) is 39.4 Å². The van der Waals surface area contributed by atoms with Gasteiger partial charge in [0.1, 0.15) is 5.82 Å². The Morgan fingerprint density at radius 1 is 1.21 bits per heavy atom. The Labute approximate surface area is 141 Å². The van der Waals surface area contributed by atoms with Gasteiger partial charge in [0.15, 0.2) is 0 Å². The predicted molar refractivity (Wildman–Crippen MR) is 94.3 cm³/mol. The van der Waals surface area contributed by atoms with Crippen LogP contribution in [0.4, 0.5) is 5.95 Å². The molecular weight excluding hydrogens is 300 g/mol. The molecule has 0 saturated carbocycles. The van der Waals surface area contributed by atoms with Crippen LogP contribution >= 0.6 is 0 Å². The number of nitrogens with two attached hydrogens (primary N) is 1. The van der Waals surface area contributed by atoms with Gasteiger partial charge in [-0.05, 0) is 18.6 Å². The van der Waals surface area contributed by atoms with Gasteiger partial charge in [-0.15, -0.1) is 0 Å². The largest absolute Gasteiger partial charge is 0.368 e. The van der Waals surface area contributed by atoms with Crippen LogP contribution in [0.2, 0.25) is 0 Å². The first-order chi connectivity index (χ1) is 11.7. The first-order valence-corrected chi connectivity index (χ1v) is 8.51. The quantitative estimate of drug-likeness (QED) is 0.798. The fourth-order valence-corrected chi connectivity index (χ4v) is 3.44. The molecule has 3 heterocycles. The Balaban J connectivity index is 1.60. The summed E-state index contributed by atoms with van der Waals surface area (Å²) in [6.07, 6.45) is 3.87. The average molecular weight is 322 g/mol. The highest BCUT2D eigenvalue weighted by Crippen LogP contribution is 2.22. The van der Waals surface area contributed by atoms with E-state index in [1.807, 2.05) is 12.3 Å². The Morgan fingerprint density at radius 3 is 2.96 bits per heavy atom. The van der Waals surface area contributed by atoms with Gasteiger partial charge in [-0.2, -0.15) is 0 Å². The molecule has 0 unspecified atom stereocenters. The van der Waals surface area contributed by atoms with Gasteiger partial charge in [0, 0.05) is 37.8 Å². The van der Waals surface area contributed by atoms with Crippen molar-refractivity contribution >= 4 is 17.0 Å². The highest BCUT2D eigenvalue weighted by atomic mass is 15.2. The fraction of sp³-hybridized carbons (Fsp3) is 0.389. The van der Waals surface area contributed by atoms with Crippen molar-refractivity contribution < 1.29 is 0 Å². The van der Waals surface area contributed by atoms with Gasteiger partial charge in [-0.1, -0.05) is 19.1 Å². The van der Waals surface area contributed by atoms with E-state index >= 15 is 0 Å². The third kappa shape index (κ3) is 2.73. The summed E-state index contributed by atoms with van der Waals surface area (Å²) in [6, 6.07) is 8.38. The van der Waals surface area contributed by atoms with Crippen LogP contribution in [-0.4, -0.2) is 31.0 Å². The van der Waals surface area contributed by atoms with Crippen molar-refractivity contribution in [3.05, 3.63) is 47.5 Å². The second-order valence-corrected chi connectivity index (χ2v) is 6.33. The molecule has 0 aliphatic carbocycles. The second kappa shape index (κ2) is 6.20. The van der Waals surface area contributed by atoms with E-state index in [9.17, 15) is 0 Å². The zero-order chi connectivity index (χ0) is 16.5. The van der Waals surface area contributed by atoms with Crippen LogP contribution in [0.1, 0.15) is 30.4 Å². The summed E-state index contributed by atoms with van der Waals surface area (Å²) in [5, 5.41) is 0. The van der Waals surface area contributed by atoms with Crippen LogP contribution in [0, 0.1) is 0 Å². The molecule has 0 spiro atoms. The summed E-state index contributed by atoms with van der Waals surface area (Å²) in [7, 11) is 0. The Hall–Kier alpha value is -2.47. The SMILES string of the molecule is CCCn1c(CN2CCc3nc(N)ncc3C2)nc2ccccc21. The first kappa shape index (κ1) is 15.1. The van der Waals surface area contributed by atoms with Crippen molar-refractivity contribution in [2.75, 3.05) is 12.3 Å². The molecule has 2 aromatic heterocycles. The Morgan fingerprint density at radius 2 is 2.08 bits per heavy atom. The van der Waals surface area contributed by atoms with Crippen LogP contribution in [0.3, 0.4) is 0 Å². The molecule has 0 saturated heterocycles. The van der Waals surface area contributed by atoms with Crippen LogP contribution in [0.15, 0.2) is 30.5 Å². The molecule has 4 rings (SSSR count). The molecule has 0 bridgehead atoms. The van der Waals surface area contributed by atoms with E-state index in [0.29, 0.717) is 5.95 Å². The normalized spacial score (nSPS) is 14.9. The molecule has 1 aliphatic rings. The number of benzene rings is 1. The molecule has 6 heteroatoms. The number of anilines is 1. The minimum Gasteiger partial charge on any atom is -0.368 e. The molecule has 6 nitrogen and oxygen atoms in total. The fourth-order valence-electron chi connectivity index (χ4n) is 3.44. The second-order valence-electron chi connectivity index (χ2n) is 6.33. The van der Waals surface area contributed by atoms with E-state index in [-0.39, 0.29) is 0 Å². The molecule has 124 valence electrons. The van der Waals surface area contributed by atoms with Gasteiger partial charge in [0.25, 0.3) is 0 Å². The summed E-state index contributed by atoms with van der Waals surface area (Å²) in [6.45, 7) is 5.87. The number of aromatic nitrogens is 4. The molecule has 1 aromatic carbocycles. The molecule has 3 aromatic rings. The minimum atomic E-state index is 0.368. The number of hydrogen-bond acceptors (Lipinski definition) is 5. The summed E-state index contributed by atoms with van der Waals surface area (Å²) in [5.74, 6) is 1.50. The number of hydrogen-bond donors (Lipinski definition) is 1. The number of nitrogens with zero attached hydrogens (tertiary/aromatic N) is 5. The van der Waals surface area contributed by atoms with E-state index in [2.05, 4.69) is 44.6 Å². The number of nitrogen functional groups attached to an aromatic ring is 1. The lowest BCUT2D eigenvalue weighted by Crippen LogP contribution is -2.32. The molecule has 0 radical (unpaired) electrons. The summed E-state index contributed by atoms with van der Waals surface area (Å²) >= 11 is 0. The van der Waals surface area contributed by atoms with Gasteiger partial charge in [-0.3, -0.25) is 4.90 Å². The number of fused-ring (bicyclic) bond motifs is 2. The van der Waals surface area contributed by atoms with Gasteiger partial charge >= 0.3 is 0 Å². The van der Waals surface area contributed by atoms with Crippen LogP contribution < -0.4 is 5.73 Å². The number of imidazole rings is 1. The zero-order valence-corrected chi connectivity index (χ0v) is 13.9. The lowest BCUT2D eigenvalue weighted by atomic mass is 10.1. The number of para-hydroxylation sites is 2. The summed E-state index contributed by atoms with van der Waals surface area (Å²) < 4.78 is 2.35. The van der Waals surface area contributed by atoms with Crippen LogP contribution in [0.25, 0.3) is 11.0 Å². The van der Waals surface area contributed by atoms with E-state index in [0.717, 1.165) is 56.1 Å². The molecule has 1 aliphatic heterocycles. The third-order valence-corrected chi connectivity index (χ3v) is 4.58. The highest BCUT2D eigenvalue weighted by Gasteiger charge is 2.20. The van der Waals surface area contributed by atoms with Crippen molar-refractivity contribution in [1.82, 2.24) is 24.4 Å². The van der Waals surface area contributed by atoms with Crippen molar-refractivity contribution in [3.63, 3.8) is 0 Å². The molecule has 0 amide bonds. The lowest BCUT2D eigenvalue weighted by molar-refractivity contribution is 0.234. The summed E-state index contributed by atoms with van der Waals surface area (Å²) in [5.41, 5.74) is 10.2. The zero-order valence-electron chi connectivity index (χ0n) is 13.9. The van der Waals surface area contributed by atoms with E-state index in [4.69, 9.17) is 10.7 Å². The monoisotopic (exact) mass is 322 g/mol. The summed E-state index contributed by atoms with van der Waals surface area (Å²) in [4.78, 5) is 15.8. The number of aryl methyl sites for hydroxylation is 1. The Kier molecular flexibility index (Phi) is 3.90. The van der Waals surface area contributed by atoms with Crippen LogP contribution in [-0.2, 0) is 26.1 Å². The van der Waals surface area contributed by atoms with Gasteiger partial charge in [0.05, 0.1) is 23.3 Å². The first-order valence-electron chi connectivity index (χ1n) is 8.51. The topological polar surface area (TPSA) is 72.9 Å². The van der Waals surface area contributed by atoms with E-state index in [1.54, 1.807) is 0 Å². The molecule has 0 atom stereocenters. The molecular formula is C18H22N6. The Bertz CT molecular complexity index is 869. The standard InChI is InChI=1S/C18H22N6/c1-2-8-24-16-6-4-3-5-15(16)21-17(24)12-23-9-7-14-13(11-23)10-20-18(19)22-14/h3-6,10H,2,7-9,11-12H2,1H3,(H2,19,20,22). The predicted octanol–water partition coefficient (Wildman–Crippen LogP) is 2.38. The van der Waals surface area contributed by atoms with Gasteiger partial charge in [0.2, 0.25) is 5.95 Å². The van der Waals surface area contributed by atoms with Crippen LogP contribution in [0.5, 0.6) is 0 Å². The minimum absolute atomic E-state index is 0.368. The molecule has 0 fully saturated rings. The lowest BCUT2D eigenvalue weighted by Gasteiger charge is -2.27. The smallest absolute Gasteiger partial charge is 0.220 e. The number of rotatable bonds is 4. The third-order valence-electron chi connectivity index (χ3n) is 4.58. The van der Waals surface area contributed by atoms with Gasteiger partial charge in [-0.25, -0.2) is 15.0 Å². The maximum atomic E-state index is 5.69. The van der Waals surface area contributed by atoms with E-state index < -0.39 is 0 Å². The van der Waals surface area contributed by atoms with Crippen molar-refractivity contribution in [1.29, 1.82) is 0 Å². The molecule has 24 heavy (non-hydrogen) atoms. The maximum absolute atomic E-state index is 5.69. The average Bonchev–Trinajstić information content (AvgIpc) is 2.93. The molecule has 2 N–H and O–H groups in total. The van der Waals surface area contributed by atoms with Gasteiger partial charge < -0.3 is 10.3 Å². The van der Waals surface area contributed by atoms with E-state index in [1.165, 1.54) is 11.1 Å². The maximum Gasteiger partial charge on any atom is 0.220 e.